The Morgan fingerprint density at radius 3 is 2.48 bits per heavy atom. The van der Waals surface area contributed by atoms with E-state index in [1.54, 1.807) is 13.2 Å². The van der Waals surface area contributed by atoms with Crippen molar-refractivity contribution in [3.63, 3.8) is 0 Å². The van der Waals surface area contributed by atoms with Gasteiger partial charge in [0.05, 0.1) is 0 Å². The molecule has 0 bridgehead atoms. The molecule has 21 heavy (non-hydrogen) atoms. The molecule has 0 aliphatic rings. The van der Waals surface area contributed by atoms with E-state index in [0.29, 0.717) is 10.8 Å². The van der Waals surface area contributed by atoms with Gasteiger partial charge in [0, 0.05) is 24.3 Å². The molecule has 0 aliphatic heterocycles. The van der Waals surface area contributed by atoms with Gasteiger partial charge in [0.2, 0.25) is 0 Å². The second-order valence-corrected chi connectivity index (χ2v) is 6.42. The van der Waals surface area contributed by atoms with Crippen LogP contribution in [-0.4, -0.2) is 23.7 Å². The van der Waals surface area contributed by atoms with Gasteiger partial charge in [-0.05, 0) is 45.0 Å². The molecule has 0 fully saturated rings. The fourth-order valence-electron chi connectivity index (χ4n) is 1.64. The van der Waals surface area contributed by atoms with Crippen molar-refractivity contribution in [2.45, 2.75) is 26.4 Å². The van der Waals surface area contributed by atoms with Crippen molar-refractivity contribution in [1.29, 1.82) is 0 Å². The maximum absolute atomic E-state index is 12.1. The van der Waals surface area contributed by atoms with Gasteiger partial charge in [-0.1, -0.05) is 0 Å². The summed E-state index contributed by atoms with van der Waals surface area (Å²) in [5.41, 5.74) is 0.472. The molecule has 0 spiro atoms. The minimum absolute atomic E-state index is 0.227. The fourth-order valence-corrected chi connectivity index (χ4v) is 2.24. The highest BCUT2D eigenvalue weighted by molar-refractivity contribution is 7.13. The summed E-state index contributed by atoms with van der Waals surface area (Å²) >= 11 is 1.41. The molecule has 1 heterocycles. The van der Waals surface area contributed by atoms with Crippen LogP contribution in [0.4, 0.5) is 15.6 Å². The smallest absolute Gasteiger partial charge is 0.327 e. The second kappa shape index (κ2) is 6.13. The molecule has 0 aliphatic carbocycles. The fraction of sp³-hybridized carbons (Fsp3) is 0.333. The van der Waals surface area contributed by atoms with Crippen molar-refractivity contribution in [2.24, 2.45) is 0 Å². The molecule has 0 unspecified atom stereocenters. The number of urea groups is 1. The monoisotopic (exact) mass is 305 g/mol. The van der Waals surface area contributed by atoms with Crippen molar-refractivity contribution in [2.75, 3.05) is 17.3 Å². The number of anilines is 2. The highest BCUT2D eigenvalue weighted by atomic mass is 32.1. The molecule has 1 aromatic carbocycles. The average Bonchev–Trinajstić information content (AvgIpc) is 2.92. The number of ether oxygens (including phenoxy) is 1. The number of aromatic nitrogens is 1. The maximum atomic E-state index is 12.1. The second-order valence-electron chi connectivity index (χ2n) is 5.54. The molecular weight excluding hydrogens is 286 g/mol. The van der Waals surface area contributed by atoms with Crippen molar-refractivity contribution in [3.05, 3.63) is 35.8 Å². The Bertz CT molecular complexity index is 588. The molecule has 0 radical (unpaired) electrons. The van der Waals surface area contributed by atoms with Gasteiger partial charge in [-0.25, -0.2) is 9.78 Å². The number of hydrogen-bond donors (Lipinski definition) is 1. The third kappa shape index (κ3) is 4.46. The lowest BCUT2D eigenvalue weighted by atomic mass is 10.2. The Morgan fingerprint density at radius 2 is 1.95 bits per heavy atom. The molecule has 5 nitrogen and oxygen atoms in total. The van der Waals surface area contributed by atoms with E-state index in [9.17, 15) is 4.79 Å². The van der Waals surface area contributed by atoms with Crippen LogP contribution in [0.25, 0.3) is 0 Å². The Kier molecular flexibility index (Phi) is 4.47. The van der Waals surface area contributed by atoms with Crippen LogP contribution in [0.15, 0.2) is 35.8 Å². The zero-order valence-electron chi connectivity index (χ0n) is 12.6. The molecular formula is C15H19N3O2S. The summed E-state index contributed by atoms with van der Waals surface area (Å²) in [5.74, 6) is 0.772. The summed E-state index contributed by atoms with van der Waals surface area (Å²) in [6.45, 7) is 5.98. The van der Waals surface area contributed by atoms with Crippen molar-refractivity contribution >= 4 is 28.2 Å². The minimum Gasteiger partial charge on any atom is -0.488 e. The van der Waals surface area contributed by atoms with E-state index in [-0.39, 0.29) is 11.6 Å². The number of carbonyl (C=O) groups excluding carboxylic acids is 1. The van der Waals surface area contributed by atoms with Gasteiger partial charge in [-0.3, -0.25) is 4.90 Å². The highest BCUT2D eigenvalue weighted by Crippen LogP contribution is 2.21. The van der Waals surface area contributed by atoms with E-state index in [2.05, 4.69) is 10.3 Å². The van der Waals surface area contributed by atoms with Crippen LogP contribution in [-0.2, 0) is 0 Å². The molecule has 1 aromatic heterocycles. The average molecular weight is 305 g/mol. The molecule has 2 rings (SSSR count). The predicted molar refractivity (Wildman–Crippen MR) is 86.4 cm³/mol. The normalized spacial score (nSPS) is 11.0. The Morgan fingerprint density at radius 1 is 1.29 bits per heavy atom. The number of nitrogens with one attached hydrogen (secondary N) is 1. The summed E-state index contributed by atoms with van der Waals surface area (Å²) in [4.78, 5) is 17.6. The molecule has 0 saturated heterocycles. The van der Waals surface area contributed by atoms with Gasteiger partial charge < -0.3 is 10.1 Å². The first kappa shape index (κ1) is 15.3. The van der Waals surface area contributed by atoms with E-state index in [0.717, 1.165) is 5.75 Å². The van der Waals surface area contributed by atoms with Crippen LogP contribution in [0.5, 0.6) is 5.75 Å². The largest absolute Gasteiger partial charge is 0.488 e. The van der Waals surface area contributed by atoms with Crippen molar-refractivity contribution in [1.82, 2.24) is 4.98 Å². The van der Waals surface area contributed by atoms with Crippen LogP contribution in [0.1, 0.15) is 20.8 Å². The molecule has 0 atom stereocenters. The van der Waals surface area contributed by atoms with Gasteiger partial charge in [-0.15, -0.1) is 11.3 Å². The number of benzene rings is 1. The van der Waals surface area contributed by atoms with Crippen LogP contribution in [0.2, 0.25) is 0 Å². The van der Waals surface area contributed by atoms with Gasteiger partial charge in [-0.2, -0.15) is 0 Å². The first-order valence-electron chi connectivity index (χ1n) is 6.58. The number of nitrogens with zero attached hydrogens (tertiary/aromatic N) is 2. The van der Waals surface area contributed by atoms with Crippen molar-refractivity contribution in [3.8, 4) is 5.75 Å². The molecule has 2 aromatic rings. The topological polar surface area (TPSA) is 54.5 Å². The number of amides is 2. The highest BCUT2D eigenvalue weighted by Gasteiger charge is 2.14. The SMILES string of the molecule is CN(C(=O)Nc1ccc(OC(C)(C)C)cc1)c1nccs1. The van der Waals surface area contributed by atoms with Crippen molar-refractivity contribution < 1.29 is 9.53 Å². The summed E-state index contributed by atoms with van der Waals surface area (Å²) in [6, 6.07) is 7.08. The zero-order valence-corrected chi connectivity index (χ0v) is 13.4. The molecule has 0 saturated carbocycles. The van der Waals surface area contributed by atoms with E-state index in [4.69, 9.17) is 4.74 Å². The van der Waals surface area contributed by atoms with Crippen LogP contribution in [0.3, 0.4) is 0 Å². The summed E-state index contributed by atoms with van der Waals surface area (Å²) < 4.78 is 5.74. The number of thiazole rings is 1. The van der Waals surface area contributed by atoms with E-state index in [1.807, 2.05) is 50.4 Å². The molecule has 1 N–H and O–H groups in total. The molecule has 6 heteroatoms. The Balaban J connectivity index is 1.98. The van der Waals surface area contributed by atoms with Crippen LogP contribution >= 0.6 is 11.3 Å². The Labute approximate surface area is 128 Å². The summed E-state index contributed by atoms with van der Waals surface area (Å²) in [5, 5.41) is 5.30. The van der Waals surface area contributed by atoms with Gasteiger partial charge in [0.1, 0.15) is 11.4 Å². The lowest BCUT2D eigenvalue weighted by molar-refractivity contribution is 0.131. The molecule has 112 valence electrons. The Hall–Kier alpha value is -2.08. The van der Waals surface area contributed by atoms with E-state index < -0.39 is 0 Å². The maximum Gasteiger partial charge on any atom is 0.327 e. The van der Waals surface area contributed by atoms with Gasteiger partial charge in [0.25, 0.3) is 0 Å². The summed E-state index contributed by atoms with van der Waals surface area (Å²) in [7, 11) is 1.69. The quantitative estimate of drug-likeness (QED) is 0.933. The van der Waals surface area contributed by atoms with E-state index in [1.165, 1.54) is 16.2 Å². The third-order valence-electron chi connectivity index (χ3n) is 2.54. The third-order valence-corrected chi connectivity index (χ3v) is 3.39. The first-order valence-corrected chi connectivity index (χ1v) is 7.46. The zero-order chi connectivity index (χ0) is 15.5. The van der Waals surface area contributed by atoms with E-state index >= 15 is 0 Å². The first-order chi connectivity index (χ1) is 9.85. The lowest BCUT2D eigenvalue weighted by Gasteiger charge is -2.21. The summed E-state index contributed by atoms with van der Waals surface area (Å²) in [6.07, 6.45) is 1.67. The minimum atomic E-state index is -0.240. The standard InChI is InChI=1S/C15H19N3O2S/c1-15(2,3)20-12-7-5-11(6-8-12)17-13(19)18(4)14-16-9-10-21-14/h5-10H,1-4H3,(H,17,19). The van der Waals surface area contributed by atoms with Crippen LogP contribution in [0, 0.1) is 0 Å². The molecule has 2 amide bonds. The predicted octanol–water partition coefficient (Wildman–Crippen LogP) is 3.99. The number of hydrogen-bond acceptors (Lipinski definition) is 4. The lowest BCUT2D eigenvalue weighted by Crippen LogP contribution is -2.31. The number of carbonyl (C=O) groups is 1. The van der Waals surface area contributed by atoms with Gasteiger partial charge >= 0.3 is 6.03 Å². The van der Waals surface area contributed by atoms with Crippen LogP contribution < -0.4 is 15.0 Å². The van der Waals surface area contributed by atoms with Gasteiger partial charge in [0.15, 0.2) is 5.13 Å². The number of rotatable bonds is 3.